The molecule has 28 heavy (non-hydrogen) atoms. The maximum absolute atomic E-state index is 5.72. The zero-order chi connectivity index (χ0) is 18.9. The van der Waals surface area contributed by atoms with Crippen LogP contribution in [0.1, 0.15) is 6.92 Å². The van der Waals surface area contributed by atoms with E-state index in [1.807, 2.05) is 43.3 Å². The molecular formula is C22H16N4OS. The molecule has 0 spiro atoms. The van der Waals surface area contributed by atoms with Gasteiger partial charge in [0.15, 0.2) is 0 Å². The molecule has 0 bridgehead atoms. The number of aromatic nitrogens is 4. The van der Waals surface area contributed by atoms with E-state index in [0.717, 1.165) is 42.8 Å². The molecule has 0 aliphatic heterocycles. The fraction of sp³-hybridized carbons (Fsp3) is 0.0909. The minimum absolute atomic E-state index is 0.548. The summed E-state index contributed by atoms with van der Waals surface area (Å²) in [7, 11) is 0. The molecule has 0 fully saturated rings. The smallest absolute Gasteiger partial charge is 0.234 e. The van der Waals surface area contributed by atoms with Crippen molar-refractivity contribution >= 4 is 31.8 Å². The van der Waals surface area contributed by atoms with E-state index in [9.17, 15) is 0 Å². The van der Waals surface area contributed by atoms with Gasteiger partial charge in [0, 0.05) is 16.5 Å². The Labute approximate surface area is 165 Å². The van der Waals surface area contributed by atoms with Gasteiger partial charge in [-0.2, -0.15) is 0 Å². The molecule has 5 rings (SSSR count). The number of benzene rings is 2. The normalized spacial score (nSPS) is 11.2. The van der Waals surface area contributed by atoms with Crippen molar-refractivity contribution in [3.05, 3.63) is 67.0 Å². The highest BCUT2D eigenvalue weighted by Crippen LogP contribution is 2.43. The van der Waals surface area contributed by atoms with Crippen molar-refractivity contribution in [3.63, 3.8) is 0 Å². The van der Waals surface area contributed by atoms with Gasteiger partial charge in [0.1, 0.15) is 21.6 Å². The van der Waals surface area contributed by atoms with Crippen LogP contribution < -0.4 is 4.74 Å². The van der Waals surface area contributed by atoms with Crippen LogP contribution in [0, 0.1) is 0 Å². The van der Waals surface area contributed by atoms with Gasteiger partial charge in [-0.05, 0) is 12.5 Å². The molecule has 0 amide bonds. The van der Waals surface area contributed by atoms with Crippen molar-refractivity contribution in [3.8, 4) is 28.3 Å². The summed E-state index contributed by atoms with van der Waals surface area (Å²) in [6.07, 6.45) is 1.55. The lowest BCUT2D eigenvalue weighted by Crippen LogP contribution is -1.95. The molecule has 3 aromatic heterocycles. The standard InChI is InChI=1S/C22H16N4OS/c1-2-27-21-20-19(23-13-24-21)17-16(14-9-5-3-6-10-14)18(25-26-22(17)28-20)15-11-7-4-8-12-15/h3-13H,2H2,1H3. The largest absolute Gasteiger partial charge is 0.477 e. The predicted molar refractivity (Wildman–Crippen MR) is 113 cm³/mol. The van der Waals surface area contributed by atoms with Crippen LogP contribution in [-0.2, 0) is 0 Å². The third-order valence-electron chi connectivity index (χ3n) is 4.54. The molecule has 0 aliphatic rings. The lowest BCUT2D eigenvalue weighted by atomic mass is 9.97. The molecule has 0 saturated heterocycles. The van der Waals surface area contributed by atoms with E-state index in [1.165, 1.54) is 11.3 Å². The number of thiophene rings is 1. The Morgan fingerprint density at radius 1 is 0.857 bits per heavy atom. The lowest BCUT2D eigenvalue weighted by molar-refractivity contribution is 0.331. The van der Waals surface area contributed by atoms with Gasteiger partial charge in [0.25, 0.3) is 0 Å². The summed E-state index contributed by atoms with van der Waals surface area (Å²) in [5.74, 6) is 0.593. The van der Waals surface area contributed by atoms with Crippen LogP contribution >= 0.6 is 11.3 Å². The molecule has 5 aromatic rings. The van der Waals surface area contributed by atoms with E-state index in [2.05, 4.69) is 44.4 Å². The number of fused-ring (bicyclic) bond motifs is 3. The van der Waals surface area contributed by atoms with E-state index in [1.54, 1.807) is 6.33 Å². The second-order valence-electron chi connectivity index (χ2n) is 6.23. The molecule has 0 saturated carbocycles. The monoisotopic (exact) mass is 384 g/mol. The summed E-state index contributed by atoms with van der Waals surface area (Å²) >= 11 is 1.52. The Morgan fingerprint density at radius 2 is 1.57 bits per heavy atom. The average molecular weight is 384 g/mol. The number of nitrogens with zero attached hydrogens (tertiary/aromatic N) is 4. The van der Waals surface area contributed by atoms with E-state index in [0.29, 0.717) is 12.5 Å². The van der Waals surface area contributed by atoms with Crippen molar-refractivity contribution in [1.82, 2.24) is 20.2 Å². The van der Waals surface area contributed by atoms with Crippen molar-refractivity contribution in [2.45, 2.75) is 6.92 Å². The fourth-order valence-corrected chi connectivity index (χ4v) is 4.39. The van der Waals surface area contributed by atoms with Gasteiger partial charge in [-0.25, -0.2) is 9.97 Å². The molecule has 5 nitrogen and oxygen atoms in total. The summed E-state index contributed by atoms with van der Waals surface area (Å²) in [4.78, 5) is 9.72. The molecule has 0 aliphatic carbocycles. The van der Waals surface area contributed by atoms with Crippen LogP contribution in [0.25, 0.3) is 42.8 Å². The Hall–Kier alpha value is -3.38. The van der Waals surface area contributed by atoms with E-state index >= 15 is 0 Å². The summed E-state index contributed by atoms with van der Waals surface area (Å²) in [5.41, 5.74) is 4.83. The molecule has 3 heterocycles. The van der Waals surface area contributed by atoms with E-state index < -0.39 is 0 Å². The van der Waals surface area contributed by atoms with Crippen LogP contribution in [0.3, 0.4) is 0 Å². The molecule has 0 radical (unpaired) electrons. The van der Waals surface area contributed by atoms with Crippen LogP contribution in [0.5, 0.6) is 5.88 Å². The summed E-state index contributed by atoms with van der Waals surface area (Å²) in [6.45, 7) is 2.50. The Balaban J connectivity index is 1.92. The molecular weight excluding hydrogens is 368 g/mol. The number of hydrogen-bond donors (Lipinski definition) is 0. The highest BCUT2D eigenvalue weighted by Gasteiger charge is 2.21. The van der Waals surface area contributed by atoms with Gasteiger partial charge < -0.3 is 4.74 Å². The Kier molecular flexibility index (Phi) is 4.18. The van der Waals surface area contributed by atoms with Crippen molar-refractivity contribution in [2.24, 2.45) is 0 Å². The van der Waals surface area contributed by atoms with Crippen LogP contribution in [0.2, 0.25) is 0 Å². The van der Waals surface area contributed by atoms with Gasteiger partial charge in [-0.3, -0.25) is 0 Å². The fourth-order valence-electron chi connectivity index (χ4n) is 3.36. The molecule has 0 atom stereocenters. The van der Waals surface area contributed by atoms with E-state index in [4.69, 9.17) is 4.74 Å². The Morgan fingerprint density at radius 3 is 2.29 bits per heavy atom. The van der Waals surface area contributed by atoms with Crippen LogP contribution in [-0.4, -0.2) is 26.8 Å². The summed E-state index contributed by atoms with van der Waals surface area (Å²) < 4.78 is 6.62. The number of ether oxygens (including phenoxy) is 1. The van der Waals surface area contributed by atoms with Gasteiger partial charge in [-0.1, -0.05) is 60.7 Å². The average Bonchev–Trinajstić information content (AvgIpc) is 3.14. The topological polar surface area (TPSA) is 60.8 Å². The first-order valence-electron chi connectivity index (χ1n) is 9.04. The Bertz CT molecular complexity index is 1270. The predicted octanol–water partition coefficient (Wildman–Crippen LogP) is 5.37. The van der Waals surface area contributed by atoms with Crippen LogP contribution in [0.4, 0.5) is 0 Å². The van der Waals surface area contributed by atoms with Gasteiger partial charge in [0.2, 0.25) is 5.88 Å². The van der Waals surface area contributed by atoms with Gasteiger partial charge in [0.05, 0.1) is 12.1 Å². The molecule has 6 heteroatoms. The van der Waals surface area contributed by atoms with Crippen molar-refractivity contribution in [2.75, 3.05) is 6.61 Å². The third-order valence-corrected chi connectivity index (χ3v) is 5.59. The van der Waals surface area contributed by atoms with Crippen molar-refractivity contribution < 1.29 is 4.74 Å². The minimum Gasteiger partial charge on any atom is -0.477 e. The van der Waals surface area contributed by atoms with Crippen molar-refractivity contribution in [1.29, 1.82) is 0 Å². The molecule has 0 unspecified atom stereocenters. The lowest BCUT2D eigenvalue weighted by Gasteiger charge is -2.10. The SMILES string of the molecule is CCOc1ncnc2c1sc1nnc(-c3ccccc3)c(-c3ccccc3)c12. The second-order valence-corrected chi connectivity index (χ2v) is 7.23. The minimum atomic E-state index is 0.548. The molecule has 136 valence electrons. The first-order valence-corrected chi connectivity index (χ1v) is 9.86. The van der Waals surface area contributed by atoms with E-state index in [-0.39, 0.29) is 0 Å². The number of hydrogen-bond acceptors (Lipinski definition) is 6. The molecule has 2 aromatic carbocycles. The van der Waals surface area contributed by atoms with Gasteiger partial charge >= 0.3 is 0 Å². The van der Waals surface area contributed by atoms with Gasteiger partial charge in [-0.15, -0.1) is 21.5 Å². The highest BCUT2D eigenvalue weighted by atomic mass is 32.1. The second kappa shape index (κ2) is 6.98. The summed E-state index contributed by atoms with van der Waals surface area (Å²) in [6, 6.07) is 20.4. The third kappa shape index (κ3) is 2.70. The zero-order valence-corrected chi connectivity index (χ0v) is 16.0. The summed E-state index contributed by atoms with van der Waals surface area (Å²) in [5, 5.41) is 10.1. The molecule has 0 N–H and O–H groups in total. The maximum atomic E-state index is 5.72. The van der Waals surface area contributed by atoms with Crippen LogP contribution in [0.15, 0.2) is 67.0 Å². The quantitative estimate of drug-likeness (QED) is 0.417. The first kappa shape index (κ1) is 16.8. The maximum Gasteiger partial charge on any atom is 0.234 e. The highest BCUT2D eigenvalue weighted by molar-refractivity contribution is 7.25. The first-order chi connectivity index (χ1) is 13.9. The zero-order valence-electron chi connectivity index (χ0n) is 15.2. The number of rotatable bonds is 4.